The molecule has 2 aliphatic heterocycles. The first-order valence-electron chi connectivity index (χ1n) is 10.4. The number of hydrogen-bond donors (Lipinski definition) is 1. The van der Waals surface area contributed by atoms with Crippen LogP contribution in [-0.2, 0) is 0 Å². The lowest BCUT2D eigenvalue weighted by Gasteiger charge is -2.47. The minimum absolute atomic E-state index is 0.0961. The summed E-state index contributed by atoms with van der Waals surface area (Å²) >= 11 is 0. The number of hydrogen-bond acceptors (Lipinski definition) is 7. The number of fused-ring (bicyclic) bond motifs is 3. The van der Waals surface area contributed by atoms with E-state index in [0.717, 1.165) is 59.4 Å². The van der Waals surface area contributed by atoms with E-state index in [1.807, 2.05) is 49.1 Å². The summed E-state index contributed by atoms with van der Waals surface area (Å²) in [4.78, 5) is 18.2. The van der Waals surface area contributed by atoms with E-state index in [4.69, 9.17) is 9.72 Å². The molecule has 1 unspecified atom stereocenters. The number of methoxy groups -OCH3 is 1. The number of ether oxygens (including phenoxy) is 1. The molecule has 3 aromatic rings. The van der Waals surface area contributed by atoms with E-state index in [0.29, 0.717) is 5.95 Å². The lowest BCUT2D eigenvalue weighted by molar-refractivity contribution is 0.413. The molecule has 31 heavy (non-hydrogen) atoms. The quantitative estimate of drug-likeness (QED) is 0.687. The smallest absolute Gasteiger partial charge is 0.229 e. The average Bonchev–Trinajstić information content (AvgIpc) is 3.38. The second kappa shape index (κ2) is 7.01. The Morgan fingerprint density at radius 1 is 1.23 bits per heavy atom. The van der Waals surface area contributed by atoms with E-state index in [-0.39, 0.29) is 5.54 Å². The first-order chi connectivity index (χ1) is 14.9. The third kappa shape index (κ3) is 3.01. The number of aromatic nitrogens is 4. The molecule has 4 heterocycles. The van der Waals surface area contributed by atoms with Crippen LogP contribution in [0, 0.1) is 6.92 Å². The zero-order chi connectivity index (χ0) is 21.8. The van der Waals surface area contributed by atoms with E-state index in [9.17, 15) is 0 Å². The predicted octanol–water partition coefficient (Wildman–Crippen LogP) is 4.05. The Kier molecular flexibility index (Phi) is 4.39. The number of rotatable bonds is 4. The van der Waals surface area contributed by atoms with Gasteiger partial charge in [-0.25, -0.2) is 9.97 Å². The Bertz CT molecular complexity index is 1170. The van der Waals surface area contributed by atoms with Crippen LogP contribution in [0.5, 0.6) is 5.75 Å². The first-order valence-corrected chi connectivity index (χ1v) is 10.4. The van der Waals surface area contributed by atoms with Crippen molar-refractivity contribution in [1.82, 2.24) is 19.5 Å². The van der Waals surface area contributed by atoms with Gasteiger partial charge >= 0.3 is 0 Å². The van der Waals surface area contributed by atoms with Gasteiger partial charge in [0, 0.05) is 37.2 Å². The summed E-state index contributed by atoms with van der Waals surface area (Å²) in [6.07, 6.45) is 7.82. The SMILES string of the molecule is C=C1N(C)c2cnc(Nc3ccc(-n4cnc(C)c4)c(OC)c3)nc2N2CCCC12C. The Balaban J connectivity index is 1.47. The van der Waals surface area contributed by atoms with Crippen LogP contribution in [0.25, 0.3) is 5.69 Å². The molecule has 2 aliphatic rings. The van der Waals surface area contributed by atoms with Crippen LogP contribution < -0.4 is 19.9 Å². The van der Waals surface area contributed by atoms with Crippen LogP contribution in [0.15, 0.2) is 49.2 Å². The molecule has 0 bridgehead atoms. The largest absolute Gasteiger partial charge is 0.494 e. The molecule has 8 heteroatoms. The van der Waals surface area contributed by atoms with Gasteiger partial charge in [0.05, 0.1) is 36.6 Å². The highest BCUT2D eigenvalue weighted by atomic mass is 16.5. The number of likely N-dealkylation sites (N-methyl/N-ethyl adjacent to an activating group) is 1. The van der Waals surface area contributed by atoms with Crippen LogP contribution >= 0.6 is 0 Å². The number of benzene rings is 1. The Morgan fingerprint density at radius 2 is 2.06 bits per heavy atom. The molecular formula is C23H27N7O. The van der Waals surface area contributed by atoms with Crippen molar-refractivity contribution in [1.29, 1.82) is 0 Å². The van der Waals surface area contributed by atoms with E-state index in [1.54, 1.807) is 13.4 Å². The molecule has 8 nitrogen and oxygen atoms in total. The van der Waals surface area contributed by atoms with Crippen molar-refractivity contribution in [3.8, 4) is 11.4 Å². The van der Waals surface area contributed by atoms with Gasteiger partial charge in [0.25, 0.3) is 0 Å². The lowest BCUT2D eigenvalue weighted by Crippen LogP contribution is -2.51. The van der Waals surface area contributed by atoms with Crippen molar-refractivity contribution in [2.24, 2.45) is 0 Å². The van der Waals surface area contributed by atoms with Crippen molar-refractivity contribution in [2.45, 2.75) is 32.2 Å². The highest BCUT2D eigenvalue weighted by Crippen LogP contribution is 2.47. The molecule has 0 aliphatic carbocycles. The number of nitrogens with one attached hydrogen (secondary N) is 1. The van der Waals surface area contributed by atoms with Gasteiger partial charge < -0.3 is 24.4 Å². The van der Waals surface area contributed by atoms with Crippen molar-refractivity contribution >= 4 is 23.1 Å². The zero-order valence-corrected chi connectivity index (χ0v) is 18.4. The van der Waals surface area contributed by atoms with Gasteiger partial charge in [0.1, 0.15) is 11.4 Å². The van der Waals surface area contributed by atoms with E-state index < -0.39 is 0 Å². The van der Waals surface area contributed by atoms with E-state index in [2.05, 4.69) is 38.6 Å². The summed E-state index contributed by atoms with van der Waals surface area (Å²) in [5.74, 6) is 2.25. The van der Waals surface area contributed by atoms with Crippen molar-refractivity contribution in [3.05, 3.63) is 54.9 Å². The van der Waals surface area contributed by atoms with Crippen LogP contribution in [0.4, 0.5) is 23.1 Å². The summed E-state index contributed by atoms with van der Waals surface area (Å²) in [5, 5.41) is 3.34. The molecule has 0 amide bonds. The fraction of sp³-hybridized carbons (Fsp3) is 0.348. The average molecular weight is 418 g/mol. The molecule has 2 aromatic heterocycles. The Hall–Kier alpha value is -3.55. The molecule has 0 saturated carbocycles. The highest BCUT2D eigenvalue weighted by Gasteiger charge is 2.46. The standard InChI is InChI=1S/C23H27N7O/c1-15-13-29(14-25-15)18-8-7-17(11-20(18)31-5)26-22-24-12-19-21(27-22)30-10-6-9-23(30,3)16(2)28(19)4/h7-8,11-14H,2,6,9-10H2,1,3-5H3,(H,24,26,27). The van der Waals surface area contributed by atoms with Gasteiger partial charge in [0.2, 0.25) is 5.95 Å². The van der Waals surface area contributed by atoms with Crippen LogP contribution in [0.2, 0.25) is 0 Å². The predicted molar refractivity (Wildman–Crippen MR) is 123 cm³/mol. The molecule has 0 radical (unpaired) electrons. The third-order valence-corrected chi connectivity index (χ3v) is 6.46. The maximum absolute atomic E-state index is 5.62. The van der Waals surface area contributed by atoms with Crippen LogP contribution in [0.3, 0.4) is 0 Å². The molecule has 1 N–H and O–H groups in total. The molecule has 1 atom stereocenters. The molecule has 1 aromatic carbocycles. The van der Waals surface area contributed by atoms with Gasteiger partial charge in [-0.15, -0.1) is 0 Å². The number of imidazole rings is 1. The number of nitrogens with zero attached hydrogens (tertiary/aromatic N) is 6. The monoisotopic (exact) mass is 417 g/mol. The highest BCUT2D eigenvalue weighted by molar-refractivity contribution is 5.77. The second-order valence-corrected chi connectivity index (χ2v) is 8.37. The Morgan fingerprint density at radius 3 is 2.81 bits per heavy atom. The van der Waals surface area contributed by atoms with E-state index in [1.165, 1.54) is 0 Å². The lowest BCUT2D eigenvalue weighted by atomic mass is 9.92. The minimum atomic E-state index is -0.0961. The summed E-state index contributed by atoms with van der Waals surface area (Å²) in [6, 6.07) is 5.93. The molecule has 1 saturated heterocycles. The van der Waals surface area contributed by atoms with Gasteiger partial charge in [-0.1, -0.05) is 6.58 Å². The molecule has 160 valence electrons. The van der Waals surface area contributed by atoms with Crippen LogP contribution in [-0.4, -0.2) is 45.8 Å². The number of aryl methyl sites for hydroxylation is 1. The second-order valence-electron chi connectivity index (χ2n) is 8.37. The minimum Gasteiger partial charge on any atom is -0.494 e. The van der Waals surface area contributed by atoms with Crippen molar-refractivity contribution in [3.63, 3.8) is 0 Å². The summed E-state index contributed by atoms with van der Waals surface area (Å²) in [7, 11) is 3.71. The molecule has 5 rings (SSSR count). The van der Waals surface area contributed by atoms with E-state index >= 15 is 0 Å². The fourth-order valence-electron chi connectivity index (χ4n) is 4.62. The molecule has 1 fully saturated rings. The fourth-order valence-corrected chi connectivity index (χ4v) is 4.62. The van der Waals surface area contributed by atoms with Gasteiger partial charge in [-0.2, -0.15) is 4.98 Å². The van der Waals surface area contributed by atoms with Crippen molar-refractivity contribution in [2.75, 3.05) is 35.8 Å². The normalized spacial score (nSPS) is 19.9. The molecule has 0 spiro atoms. The van der Waals surface area contributed by atoms with Gasteiger partial charge in [0.15, 0.2) is 5.82 Å². The van der Waals surface area contributed by atoms with Crippen LogP contribution in [0.1, 0.15) is 25.5 Å². The summed E-state index contributed by atoms with van der Waals surface area (Å²) < 4.78 is 7.57. The molecular weight excluding hydrogens is 390 g/mol. The topological polar surface area (TPSA) is 71.3 Å². The van der Waals surface area contributed by atoms with Gasteiger partial charge in [-0.05, 0) is 38.8 Å². The summed E-state index contributed by atoms with van der Waals surface area (Å²) in [6.45, 7) is 9.53. The number of anilines is 4. The van der Waals surface area contributed by atoms with Crippen molar-refractivity contribution < 1.29 is 4.74 Å². The maximum Gasteiger partial charge on any atom is 0.229 e. The third-order valence-electron chi connectivity index (χ3n) is 6.46. The van der Waals surface area contributed by atoms with Gasteiger partial charge in [-0.3, -0.25) is 0 Å². The first kappa shape index (κ1) is 19.4. The maximum atomic E-state index is 5.62. The zero-order valence-electron chi connectivity index (χ0n) is 18.4. The Labute approximate surface area is 182 Å². The summed E-state index contributed by atoms with van der Waals surface area (Å²) in [5.41, 5.74) is 4.72.